The third-order valence-corrected chi connectivity index (χ3v) is 4.62. The highest BCUT2D eigenvalue weighted by atomic mass is 16.5. The van der Waals surface area contributed by atoms with E-state index in [1.165, 1.54) is 0 Å². The van der Waals surface area contributed by atoms with Gasteiger partial charge in [0, 0.05) is 31.5 Å². The Morgan fingerprint density at radius 2 is 1.70 bits per heavy atom. The molecular formula is C19H27NO3. The Labute approximate surface area is 138 Å². The molecule has 0 atom stereocenters. The van der Waals surface area contributed by atoms with E-state index in [0.717, 1.165) is 5.56 Å². The van der Waals surface area contributed by atoms with Crippen LogP contribution in [0, 0.1) is 0 Å². The molecule has 1 fully saturated rings. The number of hydrogen-bond donors (Lipinski definition) is 0. The Bertz CT molecular complexity index is 535. The molecule has 0 aromatic heterocycles. The molecule has 4 heteroatoms. The summed E-state index contributed by atoms with van der Waals surface area (Å²) in [7, 11) is 0. The normalized spacial score (nSPS) is 16.7. The summed E-state index contributed by atoms with van der Waals surface area (Å²) >= 11 is 0. The van der Waals surface area contributed by atoms with E-state index in [0.29, 0.717) is 25.2 Å². The van der Waals surface area contributed by atoms with Crippen LogP contribution in [0.3, 0.4) is 0 Å². The molecule has 0 radical (unpaired) electrons. The number of carbonyl (C=O) groups is 2. The van der Waals surface area contributed by atoms with Crippen molar-refractivity contribution in [3.8, 4) is 0 Å². The molecule has 1 saturated carbocycles. The summed E-state index contributed by atoms with van der Waals surface area (Å²) in [5.41, 5.74) is 0.118. The Kier molecular flexibility index (Phi) is 5.58. The molecule has 0 N–H and O–H groups in total. The highest BCUT2D eigenvalue weighted by molar-refractivity contribution is 6.02. The number of benzene rings is 1. The maximum absolute atomic E-state index is 12.6. The summed E-state index contributed by atoms with van der Waals surface area (Å²) in [5, 5.41) is 0. The van der Waals surface area contributed by atoms with E-state index in [1.54, 1.807) is 0 Å². The summed E-state index contributed by atoms with van der Waals surface area (Å²) in [4.78, 5) is 26.4. The average Bonchev–Trinajstić information content (AvgIpc) is 2.48. The molecule has 0 aliphatic heterocycles. The predicted octanol–water partition coefficient (Wildman–Crippen LogP) is 2.95. The number of Topliss-reactive ketones (excluding diaryl/α,β-unsaturated/α-hetero) is 1. The monoisotopic (exact) mass is 317 g/mol. The van der Waals surface area contributed by atoms with E-state index in [1.807, 2.05) is 30.3 Å². The van der Waals surface area contributed by atoms with E-state index in [2.05, 4.69) is 32.6 Å². The van der Waals surface area contributed by atoms with Crippen LogP contribution in [0.15, 0.2) is 30.3 Å². The van der Waals surface area contributed by atoms with E-state index in [4.69, 9.17) is 4.74 Å². The molecule has 0 unspecified atom stereocenters. The summed E-state index contributed by atoms with van der Waals surface area (Å²) in [6.07, 6.45) is 0.516. The molecule has 0 bridgehead atoms. The van der Waals surface area contributed by atoms with E-state index in [9.17, 15) is 9.59 Å². The van der Waals surface area contributed by atoms with Crippen molar-refractivity contribution in [2.24, 2.45) is 0 Å². The van der Waals surface area contributed by atoms with Crippen LogP contribution in [-0.4, -0.2) is 41.9 Å². The van der Waals surface area contributed by atoms with Gasteiger partial charge in [-0.3, -0.25) is 14.5 Å². The lowest BCUT2D eigenvalue weighted by atomic mass is 9.63. The Balaban J connectivity index is 1.99. The molecule has 1 aromatic carbocycles. The van der Waals surface area contributed by atoms with Gasteiger partial charge in [0.15, 0.2) is 0 Å². The molecule has 0 saturated heterocycles. The van der Waals surface area contributed by atoms with Crippen molar-refractivity contribution in [2.45, 2.75) is 58.0 Å². The van der Waals surface area contributed by atoms with Crippen molar-refractivity contribution in [1.29, 1.82) is 0 Å². The molecule has 1 aliphatic carbocycles. The molecule has 0 amide bonds. The number of ether oxygens (including phenoxy) is 1. The molecule has 2 rings (SSSR count). The van der Waals surface area contributed by atoms with Gasteiger partial charge in [0.1, 0.15) is 17.8 Å². The van der Waals surface area contributed by atoms with Gasteiger partial charge in [0.25, 0.3) is 0 Å². The van der Waals surface area contributed by atoms with Gasteiger partial charge in [-0.25, -0.2) is 0 Å². The van der Waals surface area contributed by atoms with Crippen molar-refractivity contribution in [2.75, 3.05) is 13.2 Å². The van der Waals surface area contributed by atoms with Gasteiger partial charge in [-0.15, -0.1) is 0 Å². The zero-order valence-electron chi connectivity index (χ0n) is 14.5. The molecule has 1 aromatic rings. The minimum Gasteiger partial charge on any atom is -0.464 e. The van der Waals surface area contributed by atoms with E-state index >= 15 is 0 Å². The van der Waals surface area contributed by atoms with Crippen LogP contribution >= 0.6 is 0 Å². The number of nitrogens with zero attached hydrogens (tertiary/aromatic N) is 1. The van der Waals surface area contributed by atoms with E-state index < -0.39 is 5.41 Å². The van der Waals surface area contributed by atoms with Crippen molar-refractivity contribution in [3.05, 3.63) is 35.9 Å². The SMILES string of the molecule is CC(C)N(CCOC(=O)C1(c2ccccc2)CC(=O)C1)C(C)C. The second-order valence-corrected chi connectivity index (χ2v) is 6.90. The van der Waals surface area contributed by atoms with Crippen LogP contribution in [0.25, 0.3) is 0 Å². The lowest BCUT2D eigenvalue weighted by molar-refractivity contribution is -0.159. The Morgan fingerprint density at radius 3 is 2.17 bits per heavy atom. The number of esters is 1. The molecule has 0 heterocycles. The maximum atomic E-state index is 12.6. The van der Waals surface area contributed by atoms with Gasteiger partial charge < -0.3 is 4.74 Å². The van der Waals surface area contributed by atoms with Gasteiger partial charge in [0.05, 0.1) is 0 Å². The molecule has 4 nitrogen and oxygen atoms in total. The van der Waals surface area contributed by atoms with Gasteiger partial charge in [0.2, 0.25) is 0 Å². The smallest absolute Gasteiger partial charge is 0.317 e. The molecule has 23 heavy (non-hydrogen) atoms. The number of rotatable bonds is 7. The zero-order valence-corrected chi connectivity index (χ0v) is 14.5. The summed E-state index contributed by atoms with van der Waals surface area (Å²) in [6, 6.07) is 10.3. The highest BCUT2D eigenvalue weighted by Gasteiger charge is 2.52. The van der Waals surface area contributed by atoms with Crippen LogP contribution in [0.2, 0.25) is 0 Å². The van der Waals surface area contributed by atoms with Gasteiger partial charge in [-0.05, 0) is 33.3 Å². The zero-order chi connectivity index (χ0) is 17.0. The minimum absolute atomic E-state index is 0.122. The van der Waals surface area contributed by atoms with Crippen molar-refractivity contribution in [1.82, 2.24) is 4.90 Å². The highest BCUT2D eigenvalue weighted by Crippen LogP contribution is 2.42. The van der Waals surface area contributed by atoms with Gasteiger partial charge in [-0.1, -0.05) is 30.3 Å². The second-order valence-electron chi connectivity index (χ2n) is 6.90. The summed E-state index contributed by atoms with van der Waals surface area (Å²) in [6.45, 7) is 9.61. The van der Waals surface area contributed by atoms with E-state index in [-0.39, 0.29) is 24.6 Å². The second kappa shape index (κ2) is 7.26. The largest absolute Gasteiger partial charge is 0.464 e. The van der Waals surface area contributed by atoms with Crippen LogP contribution < -0.4 is 0 Å². The topological polar surface area (TPSA) is 46.6 Å². The average molecular weight is 317 g/mol. The first kappa shape index (κ1) is 17.7. The quantitative estimate of drug-likeness (QED) is 0.725. The van der Waals surface area contributed by atoms with Crippen LogP contribution in [0.4, 0.5) is 0 Å². The van der Waals surface area contributed by atoms with Gasteiger partial charge in [-0.2, -0.15) is 0 Å². The molecule has 1 aliphatic rings. The van der Waals surface area contributed by atoms with Crippen molar-refractivity contribution < 1.29 is 14.3 Å². The first-order chi connectivity index (χ1) is 10.9. The maximum Gasteiger partial charge on any atom is 0.317 e. The summed E-state index contributed by atoms with van der Waals surface area (Å²) < 4.78 is 5.55. The number of carbonyl (C=O) groups excluding carboxylic acids is 2. The number of hydrogen-bond acceptors (Lipinski definition) is 4. The first-order valence-corrected chi connectivity index (χ1v) is 8.37. The van der Waals surface area contributed by atoms with Gasteiger partial charge >= 0.3 is 5.97 Å². The minimum atomic E-state index is -0.765. The third kappa shape index (κ3) is 3.81. The molecular weight excluding hydrogens is 290 g/mol. The van der Waals surface area contributed by atoms with Crippen molar-refractivity contribution >= 4 is 11.8 Å². The molecule has 126 valence electrons. The first-order valence-electron chi connectivity index (χ1n) is 8.37. The Morgan fingerprint density at radius 1 is 1.13 bits per heavy atom. The molecule has 0 spiro atoms. The van der Waals surface area contributed by atoms with Crippen LogP contribution in [-0.2, 0) is 19.7 Å². The fourth-order valence-electron chi connectivity index (χ4n) is 3.34. The fraction of sp³-hybridized carbons (Fsp3) is 0.579. The third-order valence-electron chi connectivity index (χ3n) is 4.62. The van der Waals surface area contributed by atoms with Crippen LogP contribution in [0.5, 0.6) is 0 Å². The number of ketones is 1. The van der Waals surface area contributed by atoms with Crippen LogP contribution in [0.1, 0.15) is 46.1 Å². The lowest BCUT2D eigenvalue weighted by Crippen LogP contribution is -2.50. The lowest BCUT2D eigenvalue weighted by Gasteiger charge is -2.38. The summed E-state index contributed by atoms with van der Waals surface area (Å²) in [5.74, 6) is -0.146. The predicted molar refractivity (Wildman–Crippen MR) is 90.3 cm³/mol. The fourth-order valence-corrected chi connectivity index (χ4v) is 3.34. The Hall–Kier alpha value is -1.68. The van der Waals surface area contributed by atoms with Crippen molar-refractivity contribution in [3.63, 3.8) is 0 Å². The standard InChI is InChI=1S/C19H27NO3/c1-14(2)20(15(3)4)10-11-23-18(22)19(12-17(21)13-19)16-8-6-5-7-9-16/h5-9,14-15H,10-13H2,1-4H3.